The number of aryl methyl sites for hydroxylation is 1. The van der Waals surface area contributed by atoms with Crippen LogP contribution in [0.2, 0.25) is 0 Å². The number of amides is 1. The molecule has 1 saturated carbocycles. The molecule has 4 rings (SSSR count). The molecule has 1 unspecified atom stereocenters. The minimum absolute atomic E-state index is 0.127. The largest absolute Gasteiger partial charge is 0.506 e. The van der Waals surface area contributed by atoms with Gasteiger partial charge in [0.05, 0.1) is 4.70 Å². The van der Waals surface area contributed by atoms with Crippen LogP contribution in [0, 0.1) is 5.92 Å². The van der Waals surface area contributed by atoms with Crippen molar-refractivity contribution in [3.63, 3.8) is 0 Å². The third-order valence-corrected chi connectivity index (χ3v) is 8.53. The van der Waals surface area contributed by atoms with Gasteiger partial charge in [0.2, 0.25) is 5.91 Å². The number of rotatable bonds is 13. The van der Waals surface area contributed by atoms with Gasteiger partial charge in [-0.3, -0.25) is 9.59 Å². The number of phenolic OH excluding ortho intramolecular Hbond substituents is 1. The van der Waals surface area contributed by atoms with Crippen LogP contribution in [0.15, 0.2) is 47.3 Å². The fourth-order valence-corrected chi connectivity index (χ4v) is 6.42. The molecule has 0 aliphatic heterocycles. The Balaban J connectivity index is 1.26. The fraction of sp³-hybridized carbons (Fsp3) is 0.533. The summed E-state index contributed by atoms with van der Waals surface area (Å²) in [5, 5.41) is 13.5. The Hall–Kier alpha value is -2.64. The van der Waals surface area contributed by atoms with E-state index in [0.29, 0.717) is 23.9 Å². The van der Waals surface area contributed by atoms with Crippen molar-refractivity contribution in [2.45, 2.75) is 77.2 Å². The van der Waals surface area contributed by atoms with Crippen molar-refractivity contribution in [1.82, 2.24) is 15.2 Å². The van der Waals surface area contributed by atoms with Crippen LogP contribution < -0.4 is 10.2 Å². The van der Waals surface area contributed by atoms with Gasteiger partial charge >= 0.3 is 4.87 Å². The third kappa shape index (κ3) is 7.92. The SMILES string of the molecule is CC(CCCc1ccc(O)c2[nH]c(=O)sc12)CN(C(=O)CCNCCc1ccccc1)C1CCCCC1. The van der Waals surface area contributed by atoms with Crippen LogP contribution in [-0.4, -0.2) is 46.6 Å². The summed E-state index contributed by atoms with van der Waals surface area (Å²) in [6, 6.07) is 14.4. The molecule has 3 aromatic rings. The van der Waals surface area contributed by atoms with Gasteiger partial charge in [0.25, 0.3) is 0 Å². The highest BCUT2D eigenvalue weighted by atomic mass is 32.1. The average molecular weight is 524 g/mol. The first-order valence-corrected chi connectivity index (χ1v) is 14.7. The number of nitrogens with zero attached hydrogens (tertiary/aromatic N) is 1. The molecule has 1 atom stereocenters. The molecule has 1 fully saturated rings. The number of hydrogen-bond acceptors (Lipinski definition) is 5. The topological polar surface area (TPSA) is 85.4 Å². The maximum absolute atomic E-state index is 13.3. The lowest BCUT2D eigenvalue weighted by atomic mass is 9.92. The van der Waals surface area contributed by atoms with E-state index in [-0.39, 0.29) is 16.5 Å². The molecule has 7 heteroatoms. The Morgan fingerprint density at radius 2 is 1.89 bits per heavy atom. The van der Waals surface area contributed by atoms with E-state index in [1.807, 2.05) is 12.1 Å². The Kier molecular flexibility index (Phi) is 10.2. The van der Waals surface area contributed by atoms with E-state index >= 15 is 0 Å². The van der Waals surface area contributed by atoms with Crippen molar-refractivity contribution in [1.29, 1.82) is 0 Å². The average Bonchev–Trinajstić information content (AvgIpc) is 3.32. The van der Waals surface area contributed by atoms with Gasteiger partial charge in [-0.1, -0.05) is 73.9 Å². The summed E-state index contributed by atoms with van der Waals surface area (Å²) >= 11 is 1.16. The summed E-state index contributed by atoms with van der Waals surface area (Å²) in [7, 11) is 0. The summed E-state index contributed by atoms with van der Waals surface area (Å²) < 4.78 is 0.858. The first-order valence-electron chi connectivity index (χ1n) is 13.9. The molecule has 0 bridgehead atoms. The van der Waals surface area contributed by atoms with Crippen molar-refractivity contribution in [2.24, 2.45) is 5.92 Å². The summed E-state index contributed by atoms with van der Waals surface area (Å²) in [6.45, 7) is 4.68. The Morgan fingerprint density at radius 1 is 1.11 bits per heavy atom. The normalized spacial score (nSPS) is 15.2. The van der Waals surface area contributed by atoms with Crippen molar-refractivity contribution >= 4 is 27.5 Å². The van der Waals surface area contributed by atoms with Gasteiger partial charge in [-0.25, -0.2) is 0 Å². The Morgan fingerprint density at radius 3 is 2.68 bits per heavy atom. The highest BCUT2D eigenvalue weighted by molar-refractivity contribution is 7.16. The predicted octanol–water partition coefficient (Wildman–Crippen LogP) is 5.64. The molecule has 37 heavy (non-hydrogen) atoms. The smallest absolute Gasteiger partial charge is 0.305 e. The molecule has 1 amide bonds. The van der Waals surface area contributed by atoms with Crippen LogP contribution in [0.25, 0.3) is 10.2 Å². The molecule has 3 N–H and O–H groups in total. The van der Waals surface area contributed by atoms with Gasteiger partial charge in [0.1, 0.15) is 11.3 Å². The lowest BCUT2D eigenvalue weighted by molar-refractivity contribution is -0.134. The molecule has 0 radical (unpaired) electrons. The van der Waals surface area contributed by atoms with Crippen LogP contribution in [-0.2, 0) is 17.6 Å². The highest BCUT2D eigenvalue weighted by Gasteiger charge is 2.26. The molecule has 6 nitrogen and oxygen atoms in total. The van der Waals surface area contributed by atoms with E-state index in [4.69, 9.17) is 0 Å². The van der Waals surface area contributed by atoms with Gasteiger partial charge < -0.3 is 20.3 Å². The number of aromatic nitrogens is 1. The van der Waals surface area contributed by atoms with E-state index in [1.165, 1.54) is 24.8 Å². The molecule has 2 aromatic carbocycles. The molecule has 0 saturated heterocycles. The highest BCUT2D eigenvalue weighted by Crippen LogP contribution is 2.29. The number of phenols is 1. The number of aromatic hydroxyl groups is 1. The zero-order valence-corrected chi connectivity index (χ0v) is 22.8. The molecular formula is C30H41N3O3S. The van der Waals surface area contributed by atoms with Crippen molar-refractivity contribution < 1.29 is 9.90 Å². The summed E-state index contributed by atoms with van der Waals surface area (Å²) in [5.74, 6) is 0.819. The van der Waals surface area contributed by atoms with Crippen molar-refractivity contribution in [2.75, 3.05) is 19.6 Å². The van der Waals surface area contributed by atoms with Crippen LogP contribution in [0.4, 0.5) is 0 Å². The van der Waals surface area contributed by atoms with E-state index in [9.17, 15) is 14.7 Å². The molecule has 1 aromatic heterocycles. The number of thiazole rings is 1. The van der Waals surface area contributed by atoms with Gasteiger partial charge in [0, 0.05) is 25.6 Å². The second-order valence-corrected chi connectivity index (χ2v) is 11.5. The molecule has 1 aliphatic carbocycles. The standard InChI is InChI=1S/C30H41N3O3S/c1-22(9-8-12-24-15-16-26(34)28-29(24)37-30(36)32-28)21-33(25-13-6-3-7-14-25)27(35)18-20-31-19-17-23-10-4-2-5-11-23/h2,4-5,10-11,15-16,22,25,31,34H,3,6-9,12-14,17-21H2,1H3,(H,32,36). The number of carbonyl (C=O) groups is 1. The van der Waals surface area contributed by atoms with Crippen LogP contribution >= 0.6 is 11.3 Å². The number of H-pyrrole nitrogens is 1. The monoisotopic (exact) mass is 523 g/mol. The summed E-state index contributed by atoms with van der Waals surface area (Å²) in [6.07, 6.45) is 10.4. The van der Waals surface area contributed by atoms with Gasteiger partial charge in [-0.15, -0.1) is 0 Å². The number of benzene rings is 2. The van der Waals surface area contributed by atoms with Crippen LogP contribution in [0.3, 0.4) is 0 Å². The number of nitrogens with one attached hydrogen (secondary N) is 2. The van der Waals surface area contributed by atoms with Crippen LogP contribution in [0.1, 0.15) is 69.4 Å². The quantitative estimate of drug-likeness (QED) is 0.253. The number of hydrogen-bond donors (Lipinski definition) is 3. The minimum atomic E-state index is -0.137. The Bertz CT molecular complexity index is 1180. The number of aromatic amines is 1. The predicted molar refractivity (Wildman–Crippen MR) is 152 cm³/mol. The van der Waals surface area contributed by atoms with Gasteiger partial charge in [0.15, 0.2) is 0 Å². The van der Waals surface area contributed by atoms with Crippen LogP contribution in [0.5, 0.6) is 5.75 Å². The van der Waals surface area contributed by atoms with E-state index in [1.54, 1.807) is 6.07 Å². The number of carbonyl (C=O) groups excluding carboxylic acids is 1. The lowest BCUT2D eigenvalue weighted by Gasteiger charge is -2.36. The zero-order valence-electron chi connectivity index (χ0n) is 22.0. The first kappa shape index (κ1) is 27.4. The molecule has 1 heterocycles. The lowest BCUT2D eigenvalue weighted by Crippen LogP contribution is -2.44. The number of fused-ring (bicyclic) bond motifs is 1. The van der Waals surface area contributed by atoms with E-state index in [2.05, 4.69) is 46.4 Å². The molecule has 1 aliphatic rings. The van der Waals surface area contributed by atoms with E-state index in [0.717, 1.165) is 79.8 Å². The van der Waals surface area contributed by atoms with Gasteiger partial charge in [-0.2, -0.15) is 0 Å². The van der Waals surface area contributed by atoms with Crippen molar-refractivity contribution in [3.05, 3.63) is 63.3 Å². The minimum Gasteiger partial charge on any atom is -0.506 e. The third-order valence-electron chi connectivity index (χ3n) is 7.58. The first-order chi connectivity index (χ1) is 18.0. The second-order valence-electron chi connectivity index (χ2n) is 10.5. The second kappa shape index (κ2) is 13.8. The molecular weight excluding hydrogens is 482 g/mol. The summed E-state index contributed by atoms with van der Waals surface area (Å²) in [4.78, 5) is 29.9. The van der Waals surface area contributed by atoms with Crippen molar-refractivity contribution in [3.8, 4) is 5.75 Å². The fourth-order valence-electron chi connectivity index (χ4n) is 5.53. The van der Waals surface area contributed by atoms with Gasteiger partial charge in [-0.05, 0) is 68.2 Å². The zero-order chi connectivity index (χ0) is 26.0. The maximum Gasteiger partial charge on any atom is 0.305 e. The maximum atomic E-state index is 13.3. The molecule has 200 valence electrons. The summed E-state index contributed by atoms with van der Waals surface area (Å²) in [5.41, 5.74) is 2.97. The Labute approximate surface area is 224 Å². The molecule has 0 spiro atoms. The van der Waals surface area contributed by atoms with E-state index < -0.39 is 0 Å².